The van der Waals surface area contributed by atoms with Crippen LogP contribution in [-0.4, -0.2) is 12.6 Å². The molecule has 1 atom stereocenters. The summed E-state index contributed by atoms with van der Waals surface area (Å²) in [4.78, 5) is 0. The van der Waals surface area contributed by atoms with Crippen LogP contribution in [0.5, 0.6) is 0 Å². The molecule has 0 aromatic heterocycles. The lowest BCUT2D eigenvalue weighted by Gasteiger charge is -2.16. The zero-order valence-corrected chi connectivity index (χ0v) is 10.8. The van der Waals surface area contributed by atoms with Crippen LogP contribution in [0.4, 0.5) is 11.4 Å². The Morgan fingerprint density at radius 1 is 1.25 bits per heavy atom. The molecule has 88 valence electrons. The molecule has 2 nitrogen and oxygen atoms in total. The highest BCUT2D eigenvalue weighted by atomic mass is 35.5. The first-order chi connectivity index (χ1) is 7.70. The number of halogens is 2. The predicted molar refractivity (Wildman–Crippen MR) is 71.9 cm³/mol. The molecule has 0 bridgehead atoms. The first-order valence-corrected chi connectivity index (χ1v) is 6.45. The molecule has 16 heavy (non-hydrogen) atoms. The Bertz CT molecular complexity index is 380. The van der Waals surface area contributed by atoms with E-state index in [2.05, 4.69) is 17.6 Å². The summed E-state index contributed by atoms with van der Waals surface area (Å²) in [5.74, 6) is 0. The van der Waals surface area contributed by atoms with Gasteiger partial charge in [0.1, 0.15) is 0 Å². The van der Waals surface area contributed by atoms with E-state index in [-0.39, 0.29) is 0 Å². The molecule has 1 aliphatic heterocycles. The lowest BCUT2D eigenvalue weighted by atomic mass is 10.1. The van der Waals surface area contributed by atoms with Gasteiger partial charge in [-0.3, -0.25) is 0 Å². The Hall–Kier alpha value is -0.600. The van der Waals surface area contributed by atoms with Crippen molar-refractivity contribution < 1.29 is 0 Å². The largest absolute Gasteiger partial charge is 0.383 e. The maximum absolute atomic E-state index is 6.02. The summed E-state index contributed by atoms with van der Waals surface area (Å²) >= 11 is 12.0. The van der Waals surface area contributed by atoms with E-state index in [1.165, 1.54) is 12.8 Å². The molecule has 1 unspecified atom stereocenters. The molecule has 1 aromatic carbocycles. The van der Waals surface area contributed by atoms with Crippen LogP contribution in [0.25, 0.3) is 0 Å². The van der Waals surface area contributed by atoms with Crippen LogP contribution >= 0.6 is 23.2 Å². The van der Waals surface area contributed by atoms with E-state index in [1.807, 2.05) is 12.1 Å². The lowest BCUT2D eigenvalue weighted by Crippen LogP contribution is -2.19. The zero-order valence-electron chi connectivity index (χ0n) is 9.32. The van der Waals surface area contributed by atoms with E-state index in [4.69, 9.17) is 23.2 Å². The number of hydrogen-bond acceptors (Lipinski definition) is 2. The topological polar surface area (TPSA) is 24.1 Å². The number of nitrogens with one attached hydrogen (secondary N) is 2. The molecule has 2 N–H and O–H groups in total. The third kappa shape index (κ3) is 2.55. The van der Waals surface area contributed by atoms with Crippen molar-refractivity contribution in [3.8, 4) is 0 Å². The summed E-state index contributed by atoms with van der Waals surface area (Å²) in [5, 5.41) is 8.10. The predicted octanol–water partition coefficient (Wildman–Crippen LogP) is 4.39. The van der Waals surface area contributed by atoms with Gasteiger partial charge in [-0.2, -0.15) is 0 Å². The van der Waals surface area contributed by atoms with Gasteiger partial charge in [-0.15, -0.1) is 0 Å². The van der Waals surface area contributed by atoms with Crippen molar-refractivity contribution in [1.29, 1.82) is 0 Å². The van der Waals surface area contributed by atoms with Crippen molar-refractivity contribution in [2.24, 2.45) is 0 Å². The summed E-state index contributed by atoms with van der Waals surface area (Å²) in [6.45, 7) is 3.18. The van der Waals surface area contributed by atoms with E-state index in [0.29, 0.717) is 16.1 Å². The standard InChI is InChI=1S/C12H16Cl2N2/c1-2-3-8-4-5-15-11-6-9(13)10(14)7-12(11)16-8/h6-8,15-16H,2-5H2,1H3. The van der Waals surface area contributed by atoms with Gasteiger partial charge in [-0.05, 0) is 25.0 Å². The van der Waals surface area contributed by atoms with Crippen molar-refractivity contribution in [2.75, 3.05) is 17.2 Å². The average Bonchev–Trinajstić information content (AvgIpc) is 2.42. The Labute approximate surface area is 106 Å². The molecule has 1 aliphatic rings. The van der Waals surface area contributed by atoms with Crippen LogP contribution in [0, 0.1) is 0 Å². The minimum Gasteiger partial charge on any atom is -0.383 e. The van der Waals surface area contributed by atoms with Gasteiger partial charge in [0.25, 0.3) is 0 Å². The lowest BCUT2D eigenvalue weighted by molar-refractivity contribution is 0.615. The third-order valence-electron chi connectivity index (χ3n) is 2.87. The number of fused-ring (bicyclic) bond motifs is 1. The minimum absolute atomic E-state index is 0.524. The van der Waals surface area contributed by atoms with Gasteiger partial charge in [0.05, 0.1) is 21.4 Å². The molecular weight excluding hydrogens is 243 g/mol. The van der Waals surface area contributed by atoms with Crippen molar-refractivity contribution >= 4 is 34.6 Å². The normalized spacial score (nSPS) is 19.3. The molecule has 0 amide bonds. The first kappa shape index (κ1) is 11.9. The summed E-state index contributed by atoms with van der Waals surface area (Å²) in [6.07, 6.45) is 3.49. The van der Waals surface area contributed by atoms with E-state index < -0.39 is 0 Å². The number of anilines is 2. The SMILES string of the molecule is CCCC1CCNc2cc(Cl)c(Cl)cc2N1. The van der Waals surface area contributed by atoms with Crippen molar-refractivity contribution in [3.63, 3.8) is 0 Å². The number of benzene rings is 1. The van der Waals surface area contributed by atoms with E-state index in [0.717, 1.165) is 24.3 Å². The van der Waals surface area contributed by atoms with E-state index in [1.54, 1.807) is 0 Å². The minimum atomic E-state index is 0.524. The van der Waals surface area contributed by atoms with Crippen molar-refractivity contribution in [1.82, 2.24) is 0 Å². The van der Waals surface area contributed by atoms with Gasteiger partial charge in [0, 0.05) is 12.6 Å². The van der Waals surface area contributed by atoms with Crippen LogP contribution in [0.1, 0.15) is 26.2 Å². The molecule has 2 rings (SSSR count). The second-order valence-electron chi connectivity index (χ2n) is 4.16. The first-order valence-electron chi connectivity index (χ1n) is 5.70. The molecule has 0 saturated carbocycles. The zero-order chi connectivity index (χ0) is 11.5. The van der Waals surface area contributed by atoms with Crippen molar-refractivity contribution in [3.05, 3.63) is 22.2 Å². The molecule has 4 heteroatoms. The summed E-state index contributed by atoms with van der Waals surface area (Å²) in [7, 11) is 0. The fourth-order valence-electron chi connectivity index (χ4n) is 2.05. The van der Waals surface area contributed by atoms with Gasteiger partial charge in [-0.1, -0.05) is 36.5 Å². The second-order valence-corrected chi connectivity index (χ2v) is 4.97. The summed E-state index contributed by atoms with van der Waals surface area (Å²) < 4.78 is 0. The molecule has 0 spiro atoms. The third-order valence-corrected chi connectivity index (χ3v) is 3.59. The van der Waals surface area contributed by atoms with Gasteiger partial charge >= 0.3 is 0 Å². The van der Waals surface area contributed by atoms with Gasteiger partial charge < -0.3 is 10.6 Å². The average molecular weight is 259 g/mol. The molecule has 0 fully saturated rings. The Morgan fingerprint density at radius 3 is 2.62 bits per heavy atom. The quantitative estimate of drug-likeness (QED) is 0.823. The van der Waals surface area contributed by atoms with Crippen LogP contribution in [-0.2, 0) is 0 Å². The monoisotopic (exact) mass is 258 g/mol. The Morgan fingerprint density at radius 2 is 1.94 bits per heavy atom. The summed E-state index contributed by atoms with van der Waals surface area (Å²) in [6, 6.07) is 4.32. The molecule has 1 heterocycles. The van der Waals surface area contributed by atoms with Gasteiger partial charge in [0.15, 0.2) is 0 Å². The number of rotatable bonds is 2. The highest BCUT2D eigenvalue weighted by Crippen LogP contribution is 2.34. The van der Waals surface area contributed by atoms with Crippen molar-refractivity contribution in [2.45, 2.75) is 32.2 Å². The van der Waals surface area contributed by atoms with Crippen LogP contribution < -0.4 is 10.6 Å². The fraction of sp³-hybridized carbons (Fsp3) is 0.500. The van der Waals surface area contributed by atoms with E-state index >= 15 is 0 Å². The second kappa shape index (κ2) is 5.15. The van der Waals surface area contributed by atoms with Gasteiger partial charge in [-0.25, -0.2) is 0 Å². The molecule has 0 saturated heterocycles. The highest BCUT2D eigenvalue weighted by molar-refractivity contribution is 6.42. The maximum Gasteiger partial charge on any atom is 0.0614 e. The Balaban J connectivity index is 2.25. The van der Waals surface area contributed by atoms with Crippen LogP contribution in [0.15, 0.2) is 12.1 Å². The molecule has 0 aliphatic carbocycles. The van der Waals surface area contributed by atoms with Gasteiger partial charge in [0.2, 0.25) is 0 Å². The van der Waals surface area contributed by atoms with E-state index in [9.17, 15) is 0 Å². The molecular formula is C12H16Cl2N2. The fourth-order valence-corrected chi connectivity index (χ4v) is 2.38. The Kier molecular flexibility index (Phi) is 3.82. The summed E-state index contributed by atoms with van der Waals surface area (Å²) in [5.41, 5.74) is 2.11. The molecule has 0 radical (unpaired) electrons. The highest BCUT2D eigenvalue weighted by Gasteiger charge is 2.16. The van der Waals surface area contributed by atoms with Crippen LogP contribution in [0.3, 0.4) is 0 Å². The number of hydrogen-bond donors (Lipinski definition) is 2. The van der Waals surface area contributed by atoms with Crippen LogP contribution in [0.2, 0.25) is 10.0 Å². The molecule has 1 aromatic rings. The maximum atomic E-state index is 6.02. The smallest absolute Gasteiger partial charge is 0.0614 e.